The molecular formula is H7Cl2O3PPb. The summed E-state index contributed by atoms with van der Waals surface area (Å²) in [6.07, 6.45) is 0. The molecule has 0 fully saturated rings. The van der Waals surface area contributed by atoms with Crippen LogP contribution in [0.2, 0.25) is 0 Å². The standard InChI is InChI=1S/2ClH.H3O3P.Pb.2H/c;;1-4(2)3;;;/h2*1H;1-3H;;;. The van der Waals surface area contributed by atoms with Crippen molar-refractivity contribution >= 4 is 60.7 Å². The average molecular weight is 364 g/mol. The molecule has 0 saturated heterocycles. The predicted molar refractivity (Wildman–Crippen MR) is 36.6 cm³/mol. The Morgan fingerprint density at radius 3 is 0.857 bits per heavy atom. The van der Waals surface area contributed by atoms with Gasteiger partial charge in [-0.25, -0.2) is 0 Å². The van der Waals surface area contributed by atoms with Crippen molar-refractivity contribution in [2.75, 3.05) is 0 Å². The summed E-state index contributed by atoms with van der Waals surface area (Å²) in [5, 5.41) is 0. The molecule has 0 heterocycles. The Kier molecular flexibility index (Phi) is 51.9. The van der Waals surface area contributed by atoms with Gasteiger partial charge < -0.3 is 14.7 Å². The molecule has 48 valence electrons. The molecular weight excluding hydrogens is 357 g/mol. The molecule has 0 amide bonds. The summed E-state index contributed by atoms with van der Waals surface area (Å²) in [6.45, 7) is 0. The van der Waals surface area contributed by atoms with Gasteiger partial charge in [0.2, 0.25) is 0 Å². The molecule has 0 aromatic rings. The minimum absolute atomic E-state index is 0. The van der Waals surface area contributed by atoms with Gasteiger partial charge in [-0.1, -0.05) is 0 Å². The van der Waals surface area contributed by atoms with Crippen molar-refractivity contribution in [1.29, 1.82) is 0 Å². The molecule has 0 saturated carbocycles. The molecule has 0 aromatic heterocycles. The van der Waals surface area contributed by atoms with Crippen molar-refractivity contribution in [3.63, 3.8) is 0 Å². The summed E-state index contributed by atoms with van der Waals surface area (Å²) in [5.41, 5.74) is 0. The third kappa shape index (κ3) is 80.4. The Morgan fingerprint density at radius 1 is 0.857 bits per heavy atom. The number of hydrogen-bond acceptors (Lipinski definition) is 3. The van der Waals surface area contributed by atoms with Crippen LogP contribution < -0.4 is 0 Å². The van der Waals surface area contributed by atoms with E-state index in [9.17, 15) is 0 Å². The van der Waals surface area contributed by atoms with E-state index in [1.807, 2.05) is 0 Å². The van der Waals surface area contributed by atoms with Gasteiger partial charge in [0.1, 0.15) is 0 Å². The Bertz CT molecular complexity index is 17.7. The van der Waals surface area contributed by atoms with Gasteiger partial charge in [-0.3, -0.25) is 0 Å². The quantitative estimate of drug-likeness (QED) is 0.387. The molecule has 0 aliphatic carbocycles. The van der Waals surface area contributed by atoms with E-state index in [4.69, 9.17) is 14.7 Å². The maximum absolute atomic E-state index is 7.23. The van der Waals surface area contributed by atoms with Crippen LogP contribution in [0.5, 0.6) is 0 Å². The predicted octanol–water partition coefficient (Wildman–Crippen LogP) is -0.882. The van der Waals surface area contributed by atoms with Gasteiger partial charge >= 0.3 is 35.9 Å². The molecule has 0 aromatic carbocycles. The molecule has 0 aliphatic heterocycles. The van der Waals surface area contributed by atoms with Crippen molar-refractivity contribution in [3.05, 3.63) is 0 Å². The third-order valence-electron chi connectivity index (χ3n) is 0. The summed E-state index contributed by atoms with van der Waals surface area (Å²) in [5.74, 6) is 0. The van der Waals surface area contributed by atoms with E-state index in [2.05, 4.69) is 0 Å². The molecule has 3 N–H and O–H groups in total. The minimum atomic E-state index is -2.62. The molecule has 0 bridgehead atoms. The van der Waals surface area contributed by atoms with Gasteiger partial charge in [-0.2, -0.15) is 0 Å². The van der Waals surface area contributed by atoms with Gasteiger partial charge in [0.05, 0.1) is 0 Å². The molecule has 7 heavy (non-hydrogen) atoms. The first-order valence-electron chi connectivity index (χ1n) is 0.600. The van der Waals surface area contributed by atoms with E-state index in [-0.39, 0.29) is 52.1 Å². The first kappa shape index (κ1) is 23.2. The molecule has 0 unspecified atom stereocenters. The van der Waals surface area contributed by atoms with Crippen LogP contribution in [-0.2, 0) is 0 Å². The first-order chi connectivity index (χ1) is 1.73. The topological polar surface area (TPSA) is 60.7 Å². The van der Waals surface area contributed by atoms with E-state index >= 15 is 0 Å². The summed E-state index contributed by atoms with van der Waals surface area (Å²) in [6, 6.07) is 0. The van der Waals surface area contributed by atoms with E-state index in [0.29, 0.717) is 0 Å². The zero-order valence-corrected chi connectivity index (χ0v) is 11.3. The zero-order valence-electron chi connectivity index (χ0n) is 3.31. The van der Waals surface area contributed by atoms with E-state index in [1.165, 1.54) is 0 Å². The molecule has 7 heteroatoms. The van der Waals surface area contributed by atoms with Gasteiger partial charge in [0, 0.05) is 0 Å². The Hall–Kier alpha value is 1.81. The number of rotatable bonds is 0. The van der Waals surface area contributed by atoms with Gasteiger partial charge in [-0.15, -0.1) is 24.8 Å². The number of halogens is 2. The normalized spacial score (nSPS) is 5.14. The second-order valence-corrected chi connectivity index (χ2v) is 0.805. The fourth-order valence-electron chi connectivity index (χ4n) is 0. The Morgan fingerprint density at radius 2 is 0.857 bits per heavy atom. The Balaban J connectivity index is -0.0000000150. The summed E-state index contributed by atoms with van der Waals surface area (Å²) >= 11 is 0. The first-order valence-corrected chi connectivity index (χ1v) is 1.80. The van der Waals surface area contributed by atoms with Crippen LogP contribution in [-0.4, -0.2) is 42.0 Å². The van der Waals surface area contributed by atoms with Crippen molar-refractivity contribution in [2.24, 2.45) is 0 Å². The van der Waals surface area contributed by atoms with Crippen molar-refractivity contribution in [3.8, 4) is 0 Å². The van der Waals surface area contributed by atoms with Crippen LogP contribution in [0, 0.1) is 0 Å². The SMILES string of the molecule is Cl.Cl.OP(O)O.[PbH2]. The second-order valence-electron chi connectivity index (χ2n) is 0.268. The monoisotopic (exact) mass is 364 g/mol. The average Bonchev–Trinajstić information content (AvgIpc) is 0.811. The van der Waals surface area contributed by atoms with Gasteiger partial charge in [-0.05, 0) is 0 Å². The van der Waals surface area contributed by atoms with Crippen LogP contribution in [0.25, 0.3) is 0 Å². The number of hydrogen-bond donors (Lipinski definition) is 3. The van der Waals surface area contributed by atoms with Crippen LogP contribution in [0.4, 0.5) is 0 Å². The zero-order chi connectivity index (χ0) is 3.58. The van der Waals surface area contributed by atoms with Gasteiger partial charge in [0.25, 0.3) is 0 Å². The fraction of sp³-hybridized carbons (Fsp3) is 0. The van der Waals surface area contributed by atoms with Crippen molar-refractivity contribution < 1.29 is 14.7 Å². The second kappa shape index (κ2) is 15.7. The van der Waals surface area contributed by atoms with Crippen molar-refractivity contribution in [2.45, 2.75) is 0 Å². The van der Waals surface area contributed by atoms with Crippen LogP contribution in [0.15, 0.2) is 0 Å². The molecule has 2 radical (unpaired) electrons. The Labute approximate surface area is 75.1 Å². The fourth-order valence-corrected chi connectivity index (χ4v) is 0. The van der Waals surface area contributed by atoms with E-state index < -0.39 is 8.60 Å². The van der Waals surface area contributed by atoms with Gasteiger partial charge in [0.15, 0.2) is 0 Å². The maximum atomic E-state index is 7.23. The molecule has 3 nitrogen and oxygen atoms in total. The summed E-state index contributed by atoms with van der Waals surface area (Å²) in [7, 11) is -2.62. The van der Waals surface area contributed by atoms with E-state index in [0.717, 1.165) is 0 Å². The molecule has 0 aliphatic rings. The molecule has 0 atom stereocenters. The van der Waals surface area contributed by atoms with E-state index in [1.54, 1.807) is 0 Å². The summed E-state index contributed by atoms with van der Waals surface area (Å²) in [4.78, 5) is 21.7. The molecule has 0 rings (SSSR count). The molecule has 0 spiro atoms. The van der Waals surface area contributed by atoms with Crippen LogP contribution >= 0.6 is 33.4 Å². The third-order valence-corrected chi connectivity index (χ3v) is 0. The van der Waals surface area contributed by atoms with Crippen LogP contribution in [0.3, 0.4) is 0 Å². The van der Waals surface area contributed by atoms with Crippen LogP contribution in [0.1, 0.15) is 0 Å². The van der Waals surface area contributed by atoms with Crippen molar-refractivity contribution in [1.82, 2.24) is 0 Å². The summed E-state index contributed by atoms with van der Waals surface area (Å²) < 4.78 is 0.